The molecule has 1 fully saturated rings. The van der Waals surface area contributed by atoms with Gasteiger partial charge in [0.05, 0.1) is 5.60 Å². The van der Waals surface area contributed by atoms with Gasteiger partial charge in [0.2, 0.25) is 0 Å². The van der Waals surface area contributed by atoms with Crippen LogP contribution in [0.15, 0.2) is 18.2 Å². The van der Waals surface area contributed by atoms with E-state index in [0.29, 0.717) is 12.8 Å². The highest BCUT2D eigenvalue weighted by Gasteiger charge is 2.45. The second-order valence-corrected chi connectivity index (χ2v) is 3.94. The van der Waals surface area contributed by atoms with Crippen molar-refractivity contribution >= 4 is 11.6 Å². The van der Waals surface area contributed by atoms with Gasteiger partial charge < -0.3 is 5.11 Å². The molecule has 1 nitrogen and oxygen atoms in total. The maximum Gasteiger partial charge on any atom is 0.265 e. The minimum atomic E-state index is -2.64. The molecule has 0 aliphatic heterocycles. The Balaban J connectivity index is 2.53. The van der Waals surface area contributed by atoms with Crippen molar-refractivity contribution in [3.8, 4) is 0 Å². The summed E-state index contributed by atoms with van der Waals surface area (Å²) in [6.45, 7) is 0. The van der Waals surface area contributed by atoms with Crippen molar-refractivity contribution in [3.05, 3.63) is 34.3 Å². The molecule has 0 atom stereocenters. The Labute approximate surface area is 85.3 Å². The molecule has 1 aromatic carbocycles. The van der Waals surface area contributed by atoms with Gasteiger partial charge in [-0.1, -0.05) is 23.7 Å². The topological polar surface area (TPSA) is 20.2 Å². The molecule has 0 aromatic heterocycles. The van der Waals surface area contributed by atoms with Crippen LogP contribution in [0.1, 0.15) is 30.4 Å². The Hall–Kier alpha value is -0.670. The predicted octanol–water partition coefficient (Wildman–Crippen LogP) is 3.26. The molecule has 0 bridgehead atoms. The molecule has 0 heterocycles. The number of rotatable bonds is 2. The van der Waals surface area contributed by atoms with E-state index in [1.807, 2.05) is 0 Å². The molecule has 0 saturated heterocycles. The van der Waals surface area contributed by atoms with Gasteiger partial charge in [-0.2, -0.15) is 0 Å². The van der Waals surface area contributed by atoms with Crippen LogP contribution < -0.4 is 0 Å². The number of alkyl halides is 2. The summed E-state index contributed by atoms with van der Waals surface area (Å²) in [4.78, 5) is 0. The Morgan fingerprint density at radius 3 is 2.50 bits per heavy atom. The second-order valence-electron chi connectivity index (χ2n) is 3.53. The molecule has 0 unspecified atom stereocenters. The molecule has 0 radical (unpaired) electrons. The summed E-state index contributed by atoms with van der Waals surface area (Å²) in [5, 5.41) is 9.79. The first-order valence-electron chi connectivity index (χ1n) is 4.34. The molecule has 1 saturated carbocycles. The summed E-state index contributed by atoms with van der Waals surface area (Å²) in [6, 6.07) is 4.51. The Bertz CT molecular complexity index is 361. The van der Waals surface area contributed by atoms with Crippen LogP contribution in [0.5, 0.6) is 0 Å². The van der Waals surface area contributed by atoms with E-state index >= 15 is 0 Å². The third-order valence-corrected chi connectivity index (χ3v) is 2.83. The SMILES string of the molecule is OC1(c2cccc(Cl)c2C(F)F)CC1. The van der Waals surface area contributed by atoms with Crippen molar-refractivity contribution in [2.24, 2.45) is 0 Å². The zero-order valence-corrected chi connectivity index (χ0v) is 8.06. The van der Waals surface area contributed by atoms with Gasteiger partial charge in [-0.3, -0.25) is 0 Å². The molecular weight excluding hydrogens is 210 g/mol. The summed E-state index contributed by atoms with van der Waals surface area (Å²) < 4.78 is 25.3. The van der Waals surface area contributed by atoms with Gasteiger partial charge in [-0.15, -0.1) is 0 Å². The van der Waals surface area contributed by atoms with Crippen molar-refractivity contribution in [2.75, 3.05) is 0 Å². The van der Waals surface area contributed by atoms with Gasteiger partial charge >= 0.3 is 0 Å². The lowest BCUT2D eigenvalue weighted by Crippen LogP contribution is -2.09. The van der Waals surface area contributed by atoms with E-state index in [2.05, 4.69) is 0 Å². The van der Waals surface area contributed by atoms with E-state index in [9.17, 15) is 13.9 Å². The Morgan fingerprint density at radius 1 is 1.36 bits per heavy atom. The minimum Gasteiger partial charge on any atom is -0.385 e. The van der Waals surface area contributed by atoms with Crippen LogP contribution in [0, 0.1) is 0 Å². The third kappa shape index (κ3) is 1.51. The fraction of sp³-hybridized carbons (Fsp3) is 0.400. The monoisotopic (exact) mass is 218 g/mol. The average molecular weight is 219 g/mol. The molecule has 0 amide bonds. The molecule has 1 N–H and O–H groups in total. The lowest BCUT2D eigenvalue weighted by molar-refractivity contribution is 0.125. The van der Waals surface area contributed by atoms with E-state index in [1.54, 1.807) is 6.07 Å². The Kier molecular flexibility index (Phi) is 2.24. The largest absolute Gasteiger partial charge is 0.385 e. The van der Waals surface area contributed by atoms with E-state index in [4.69, 9.17) is 11.6 Å². The zero-order valence-electron chi connectivity index (χ0n) is 7.30. The highest BCUT2D eigenvalue weighted by Crippen LogP contribution is 2.49. The molecule has 1 aliphatic rings. The maximum atomic E-state index is 12.7. The van der Waals surface area contributed by atoms with Gasteiger partial charge in [0, 0.05) is 10.6 Å². The number of hydrogen-bond acceptors (Lipinski definition) is 1. The van der Waals surface area contributed by atoms with Gasteiger partial charge in [0.15, 0.2) is 0 Å². The number of aliphatic hydroxyl groups is 1. The summed E-state index contributed by atoms with van der Waals surface area (Å²) in [6.07, 6.45) is -1.57. The van der Waals surface area contributed by atoms with E-state index < -0.39 is 12.0 Å². The van der Waals surface area contributed by atoms with Gasteiger partial charge in [0.1, 0.15) is 0 Å². The molecule has 1 aliphatic carbocycles. The van der Waals surface area contributed by atoms with Crippen molar-refractivity contribution in [2.45, 2.75) is 24.9 Å². The predicted molar refractivity (Wildman–Crippen MR) is 49.5 cm³/mol. The van der Waals surface area contributed by atoms with Crippen LogP contribution in [-0.4, -0.2) is 5.11 Å². The lowest BCUT2D eigenvalue weighted by atomic mass is 10.0. The highest BCUT2D eigenvalue weighted by atomic mass is 35.5. The van der Waals surface area contributed by atoms with Crippen molar-refractivity contribution in [1.82, 2.24) is 0 Å². The first-order valence-corrected chi connectivity index (χ1v) is 4.72. The normalized spacial score (nSPS) is 18.6. The van der Waals surface area contributed by atoms with Crippen molar-refractivity contribution in [3.63, 3.8) is 0 Å². The first kappa shape index (κ1) is 9.87. The number of hydrogen-bond donors (Lipinski definition) is 1. The number of halogens is 3. The molecule has 0 spiro atoms. The van der Waals surface area contributed by atoms with Crippen LogP contribution in [0.3, 0.4) is 0 Å². The summed E-state index contributed by atoms with van der Waals surface area (Å²) in [5.74, 6) is 0. The first-order chi connectivity index (χ1) is 6.54. The fourth-order valence-corrected chi connectivity index (χ4v) is 1.81. The van der Waals surface area contributed by atoms with Crippen LogP contribution in [0.25, 0.3) is 0 Å². The number of benzene rings is 1. The van der Waals surface area contributed by atoms with E-state index in [-0.39, 0.29) is 16.1 Å². The van der Waals surface area contributed by atoms with Crippen LogP contribution >= 0.6 is 11.6 Å². The molecule has 1 aromatic rings. The highest BCUT2D eigenvalue weighted by molar-refractivity contribution is 6.31. The quantitative estimate of drug-likeness (QED) is 0.808. The third-order valence-electron chi connectivity index (χ3n) is 2.50. The smallest absolute Gasteiger partial charge is 0.265 e. The zero-order chi connectivity index (χ0) is 10.3. The molecule has 14 heavy (non-hydrogen) atoms. The second kappa shape index (κ2) is 3.17. The molecule has 4 heteroatoms. The standard InChI is InChI=1S/C10H9ClF2O/c11-7-3-1-2-6(8(7)9(12)13)10(14)4-5-10/h1-3,9,14H,4-5H2. The fourth-order valence-electron chi connectivity index (χ4n) is 1.55. The average Bonchev–Trinajstić information content (AvgIpc) is 2.84. The molecule has 2 rings (SSSR count). The summed E-state index contributed by atoms with van der Waals surface area (Å²) in [7, 11) is 0. The van der Waals surface area contributed by atoms with E-state index in [1.165, 1.54) is 12.1 Å². The van der Waals surface area contributed by atoms with E-state index in [0.717, 1.165) is 0 Å². The summed E-state index contributed by atoms with van der Waals surface area (Å²) >= 11 is 5.67. The molecular formula is C10H9ClF2O. The van der Waals surface area contributed by atoms with Gasteiger partial charge in [-0.25, -0.2) is 8.78 Å². The lowest BCUT2D eigenvalue weighted by Gasteiger charge is -2.14. The van der Waals surface area contributed by atoms with Gasteiger partial charge in [-0.05, 0) is 24.5 Å². The Morgan fingerprint density at radius 2 is 2.00 bits per heavy atom. The summed E-state index contributed by atoms with van der Waals surface area (Å²) in [5.41, 5.74) is -1.01. The van der Waals surface area contributed by atoms with Crippen molar-refractivity contribution in [1.29, 1.82) is 0 Å². The minimum absolute atomic E-state index is 0.0258. The van der Waals surface area contributed by atoms with Crippen LogP contribution in [0.4, 0.5) is 8.78 Å². The molecule has 76 valence electrons. The van der Waals surface area contributed by atoms with Crippen LogP contribution in [0.2, 0.25) is 5.02 Å². The van der Waals surface area contributed by atoms with Gasteiger partial charge in [0.25, 0.3) is 6.43 Å². The maximum absolute atomic E-state index is 12.7. The van der Waals surface area contributed by atoms with Crippen LogP contribution in [-0.2, 0) is 5.60 Å². The van der Waals surface area contributed by atoms with Crippen molar-refractivity contribution < 1.29 is 13.9 Å².